The second-order valence-corrected chi connectivity index (χ2v) is 7.49. The van der Waals surface area contributed by atoms with Gasteiger partial charge in [-0.2, -0.15) is 0 Å². The first-order chi connectivity index (χ1) is 12.0. The highest BCUT2D eigenvalue weighted by Crippen LogP contribution is 2.31. The first-order valence-electron chi connectivity index (χ1n) is 7.66. The lowest BCUT2D eigenvalue weighted by atomic mass is 10.2. The van der Waals surface area contributed by atoms with Crippen molar-refractivity contribution in [2.45, 2.75) is 23.8 Å². The average molecular weight is 414 g/mol. The van der Waals surface area contributed by atoms with Crippen molar-refractivity contribution < 1.29 is 4.79 Å². The Kier molecular flexibility index (Phi) is 5.50. The molecule has 0 aliphatic heterocycles. The molecule has 3 rings (SSSR count). The van der Waals surface area contributed by atoms with Gasteiger partial charge in [-0.1, -0.05) is 29.5 Å². The first-order valence-corrected chi connectivity index (χ1v) is 9.27. The van der Waals surface area contributed by atoms with E-state index >= 15 is 0 Å². The van der Waals surface area contributed by atoms with Gasteiger partial charge in [-0.15, -0.1) is 0 Å². The topological polar surface area (TPSA) is 54.9 Å². The van der Waals surface area contributed by atoms with Crippen molar-refractivity contribution in [2.24, 2.45) is 0 Å². The molecule has 0 saturated carbocycles. The van der Waals surface area contributed by atoms with E-state index in [4.69, 9.17) is 0 Å². The zero-order valence-corrected chi connectivity index (χ0v) is 16.2. The number of benzene rings is 1. The number of hydrogen-bond acceptors (Lipinski definition) is 4. The van der Waals surface area contributed by atoms with E-state index < -0.39 is 0 Å². The van der Waals surface area contributed by atoms with Crippen LogP contribution in [0.3, 0.4) is 0 Å². The third-order valence-corrected chi connectivity index (χ3v) is 5.19. The Balaban J connectivity index is 1.85. The number of carbonyl (C=O) groups is 1. The molecule has 0 bridgehead atoms. The predicted octanol–water partition coefficient (Wildman–Crippen LogP) is 5.26. The monoisotopic (exact) mass is 413 g/mol. The van der Waals surface area contributed by atoms with E-state index in [0.29, 0.717) is 16.4 Å². The van der Waals surface area contributed by atoms with Crippen LogP contribution in [0, 0.1) is 13.8 Å². The molecule has 0 radical (unpaired) electrons. The van der Waals surface area contributed by atoms with Crippen molar-refractivity contribution in [3.8, 4) is 0 Å². The quantitative estimate of drug-likeness (QED) is 0.633. The van der Waals surface area contributed by atoms with Crippen LogP contribution < -0.4 is 5.32 Å². The van der Waals surface area contributed by atoms with Crippen molar-refractivity contribution in [3.63, 3.8) is 0 Å². The maximum atomic E-state index is 12.6. The van der Waals surface area contributed by atoms with E-state index in [0.717, 1.165) is 14.9 Å². The summed E-state index contributed by atoms with van der Waals surface area (Å²) in [7, 11) is 0. The van der Waals surface area contributed by atoms with Crippen molar-refractivity contribution in [2.75, 3.05) is 5.32 Å². The Labute approximate surface area is 159 Å². The highest BCUT2D eigenvalue weighted by molar-refractivity contribution is 9.10. The molecule has 0 saturated heterocycles. The molecule has 4 nitrogen and oxygen atoms in total. The maximum Gasteiger partial charge on any atom is 0.259 e. The van der Waals surface area contributed by atoms with Crippen LogP contribution in [-0.4, -0.2) is 15.9 Å². The van der Waals surface area contributed by atoms with Crippen LogP contribution in [0.5, 0.6) is 0 Å². The molecule has 3 aromatic rings. The number of halogens is 1. The molecule has 1 N–H and O–H groups in total. The highest BCUT2D eigenvalue weighted by Gasteiger charge is 2.15. The molecular formula is C19H16BrN3OS. The normalized spacial score (nSPS) is 10.5. The lowest BCUT2D eigenvalue weighted by Gasteiger charge is -2.10. The van der Waals surface area contributed by atoms with Crippen molar-refractivity contribution in [1.29, 1.82) is 0 Å². The second-order valence-electron chi connectivity index (χ2n) is 5.54. The number of nitrogens with one attached hydrogen (secondary N) is 1. The number of nitrogens with zero attached hydrogens (tertiary/aromatic N) is 2. The molecule has 25 heavy (non-hydrogen) atoms. The van der Waals surface area contributed by atoms with Gasteiger partial charge in [0.25, 0.3) is 5.91 Å². The SMILES string of the molecule is Cc1ccc(Sc2ncccc2C(=O)Nc2ccc(Br)cn2)c(C)c1. The minimum Gasteiger partial charge on any atom is -0.306 e. The van der Waals surface area contributed by atoms with E-state index in [9.17, 15) is 4.79 Å². The van der Waals surface area contributed by atoms with Crippen molar-refractivity contribution in [1.82, 2.24) is 9.97 Å². The van der Waals surface area contributed by atoms with E-state index in [1.54, 1.807) is 30.6 Å². The largest absolute Gasteiger partial charge is 0.306 e. The van der Waals surface area contributed by atoms with Crippen LogP contribution in [-0.2, 0) is 0 Å². The molecular weight excluding hydrogens is 398 g/mol. The number of carbonyl (C=O) groups excluding carboxylic acids is 1. The first kappa shape index (κ1) is 17.6. The molecule has 0 aliphatic carbocycles. The van der Waals surface area contributed by atoms with E-state index in [1.807, 2.05) is 6.07 Å². The van der Waals surface area contributed by atoms with Crippen LogP contribution in [0.2, 0.25) is 0 Å². The number of anilines is 1. The molecule has 2 aromatic heterocycles. The van der Waals surface area contributed by atoms with Gasteiger partial charge in [0.05, 0.1) is 5.56 Å². The van der Waals surface area contributed by atoms with E-state index in [2.05, 4.69) is 63.3 Å². The van der Waals surface area contributed by atoms with Crippen LogP contribution in [0.15, 0.2) is 69.3 Å². The predicted molar refractivity (Wildman–Crippen MR) is 104 cm³/mol. The summed E-state index contributed by atoms with van der Waals surface area (Å²) in [5.74, 6) is 0.273. The summed E-state index contributed by atoms with van der Waals surface area (Å²) in [6.45, 7) is 4.12. The van der Waals surface area contributed by atoms with Crippen molar-refractivity contribution >= 4 is 39.4 Å². The fourth-order valence-electron chi connectivity index (χ4n) is 2.30. The zero-order valence-electron chi connectivity index (χ0n) is 13.8. The lowest BCUT2D eigenvalue weighted by Crippen LogP contribution is -2.14. The third kappa shape index (κ3) is 4.46. The van der Waals surface area contributed by atoms with Gasteiger partial charge in [-0.05, 0) is 65.7 Å². The van der Waals surface area contributed by atoms with E-state index in [1.165, 1.54) is 17.3 Å². The summed E-state index contributed by atoms with van der Waals surface area (Å²) in [4.78, 5) is 22.3. The third-order valence-electron chi connectivity index (χ3n) is 3.52. The molecule has 1 amide bonds. The van der Waals surface area contributed by atoms with Gasteiger partial charge in [0.15, 0.2) is 0 Å². The summed E-state index contributed by atoms with van der Waals surface area (Å²) in [6, 6.07) is 13.3. The van der Waals surface area contributed by atoms with Crippen LogP contribution in [0.25, 0.3) is 0 Å². The number of amides is 1. The number of rotatable bonds is 4. The number of aryl methyl sites for hydroxylation is 2. The summed E-state index contributed by atoms with van der Waals surface area (Å²) in [6.07, 6.45) is 3.34. The van der Waals surface area contributed by atoms with Crippen LogP contribution in [0.4, 0.5) is 5.82 Å². The highest BCUT2D eigenvalue weighted by atomic mass is 79.9. The average Bonchev–Trinajstić information content (AvgIpc) is 2.60. The molecule has 0 fully saturated rings. The Hall–Kier alpha value is -2.18. The fourth-order valence-corrected chi connectivity index (χ4v) is 3.48. The zero-order chi connectivity index (χ0) is 17.8. The Morgan fingerprint density at radius 1 is 1.12 bits per heavy atom. The number of hydrogen-bond donors (Lipinski definition) is 1. The smallest absolute Gasteiger partial charge is 0.259 e. The lowest BCUT2D eigenvalue weighted by molar-refractivity contribution is 0.102. The maximum absolute atomic E-state index is 12.6. The molecule has 0 atom stereocenters. The number of pyridine rings is 2. The van der Waals surface area contributed by atoms with Crippen molar-refractivity contribution in [3.05, 3.63) is 76.0 Å². The Bertz CT molecular complexity index is 913. The van der Waals surface area contributed by atoms with Crippen LogP contribution in [0.1, 0.15) is 21.5 Å². The Morgan fingerprint density at radius 3 is 2.68 bits per heavy atom. The van der Waals surface area contributed by atoms with Crippen LogP contribution >= 0.6 is 27.7 Å². The summed E-state index contributed by atoms with van der Waals surface area (Å²) in [5, 5.41) is 3.48. The molecule has 0 unspecified atom stereocenters. The standard InChI is InChI=1S/C19H16BrN3OS/c1-12-5-7-16(13(2)10-12)25-19-15(4-3-9-21-19)18(24)23-17-8-6-14(20)11-22-17/h3-11H,1-2H3,(H,22,23,24). The molecule has 1 aromatic carbocycles. The minimum absolute atomic E-state index is 0.227. The minimum atomic E-state index is -0.227. The molecule has 6 heteroatoms. The Morgan fingerprint density at radius 2 is 1.96 bits per heavy atom. The molecule has 0 spiro atoms. The summed E-state index contributed by atoms with van der Waals surface area (Å²) in [5.41, 5.74) is 2.90. The molecule has 2 heterocycles. The van der Waals surface area contributed by atoms with Gasteiger partial charge in [0.2, 0.25) is 0 Å². The second kappa shape index (κ2) is 7.80. The van der Waals surface area contributed by atoms with Gasteiger partial charge < -0.3 is 5.32 Å². The van der Waals surface area contributed by atoms with E-state index in [-0.39, 0.29) is 5.91 Å². The molecule has 126 valence electrons. The van der Waals surface area contributed by atoms with Gasteiger partial charge in [0.1, 0.15) is 10.8 Å². The molecule has 0 aliphatic rings. The fraction of sp³-hybridized carbons (Fsp3) is 0.105. The summed E-state index contributed by atoms with van der Waals surface area (Å²) >= 11 is 4.82. The van der Waals surface area contributed by atoms with Gasteiger partial charge >= 0.3 is 0 Å². The van der Waals surface area contributed by atoms with Gasteiger partial charge in [-0.25, -0.2) is 9.97 Å². The van der Waals surface area contributed by atoms with Gasteiger partial charge in [-0.3, -0.25) is 4.79 Å². The number of aromatic nitrogens is 2. The van der Waals surface area contributed by atoms with Gasteiger partial charge in [0, 0.05) is 21.8 Å². The summed E-state index contributed by atoms with van der Waals surface area (Å²) < 4.78 is 0.859.